The molecule has 6 N–H and O–H groups in total. The number of nitrogens with one attached hydrogen (secondary N) is 1. The zero-order valence-electron chi connectivity index (χ0n) is 6.25. The van der Waals surface area contributed by atoms with Gasteiger partial charge in [-0.15, -0.1) is 0 Å². The van der Waals surface area contributed by atoms with E-state index in [4.69, 9.17) is 21.8 Å². The van der Waals surface area contributed by atoms with Crippen LogP contribution < -0.4 is 16.5 Å². The highest BCUT2D eigenvalue weighted by atomic mass is 16.3. The van der Waals surface area contributed by atoms with Crippen molar-refractivity contribution in [1.29, 1.82) is 5.26 Å². The highest BCUT2D eigenvalue weighted by Crippen LogP contribution is 1.91. The molecule has 0 aromatic heterocycles. The molecule has 11 heavy (non-hydrogen) atoms. The fourth-order valence-corrected chi connectivity index (χ4v) is 0.593. The van der Waals surface area contributed by atoms with Crippen LogP contribution in [0.25, 0.3) is 0 Å². The highest BCUT2D eigenvalue weighted by molar-refractivity contribution is 5.69. The third kappa shape index (κ3) is 6.61. The second kappa shape index (κ2) is 5.50. The van der Waals surface area contributed by atoms with E-state index in [9.17, 15) is 0 Å². The number of aliphatic hydroxyl groups is 1. The third-order valence-corrected chi connectivity index (χ3v) is 1.13. The number of aliphatic hydroxyl groups excluding tert-OH is 1. The maximum atomic E-state index is 8.76. The minimum absolute atomic E-state index is 0.163. The lowest BCUT2D eigenvalue weighted by molar-refractivity contribution is -0.460. The van der Waals surface area contributed by atoms with Crippen molar-refractivity contribution in [1.82, 2.24) is 0 Å². The minimum Gasteiger partial charge on any atom is -0.378 e. The largest absolute Gasteiger partial charge is 0.378 e. The van der Waals surface area contributed by atoms with Gasteiger partial charge in [-0.1, -0.05) is 0 Å². The Labute approximate surface area is 65.3 Å². The molecule has 0 radical (unpaired) electrons. The highest BCUT2D eigenvalue weighted by Gasteiger charge is 1.99. The number of guanidine groups is 1. The summed E-state index contributed by atoms with van der Waals surface area (Å²) in [4.78, 5) is 2.68. The molecule has 5 heteroatoms. The van der Waals surface area contributed by atoms with Gasteiger partial charge in [0.05, 0.1) is 12.6 Å². The molecule has 0 rings (SSSR count). The van der Waals surface area contributed by atoms with E-state index in [1.165, 1.54) is 0 Å². The number of rotatable bonds is 4. The molecule has 5 nitrogen and oxygen atoms in total. The quantitative estimate of drug-likeness (QED) is 0.151. The first kappa shape index (κ1) is 9.72. The minimum atomic E-state index is -0.879. The lowest BCUT2D eigenvalue weighted by Crippen LogP contribution is -2.78. The van der Waals surface area contributed by atoms with Gasteiger partial charge in [0.2, 0.25) is 0 Å². The van der Waals surface area contributed by atoms with Crippen LogP contribution in [0, 0.1) is 11.3 Å². The molecule has 0 heterocycles. The van der Waals surface area contributed by atoms with Crippen LogP contribution in [-0.2, 0) is 0 Å². The van der Waals surface area contributed by atoms with Crippen LogP contribution >= 0.6 is 0 Å². The molecule has 0 aliphatic heterocycles. The van der Waals surface area contributed by atoms with Crippen molar-refractivity contribution in [2.24, 2.45) is 11.5 Å². The van der Waals surface area contributed by atoms with Gasteiger partial charge in [0, 0.05) is 0 Å². The summed E-state index contributed by atoms with van der Waals surface area (Å²) in [5.41, 5.74) is 10.2. The Hall–Kier alpha value is -1.28. The van der Waals surface area contributed by atoms with Gasteiger partial charge in [0.25, 0.3) is 0 Å². The molecular formula is C6H13N4O+. The Morgan fingerprint density at radius 3 is 2.73 bits per heavy atom. The van der Waals surface area contributed by atoms with Crippen LogP contribution in [0.1, 0.15) is 12.8 Å². The number of hydrogen-bond acceptors (Lipinski definition) is 2. The molecule has 0 saturated heterocycles. The predicted octanol–water partition coefficient (Wildman–Crippen LogP) is -2.99. The van der Waals surface area contributed by atoms with E-state index >= 15 is 0 Å². The molecule has 0 amide bonds. The van der Waals surface area contributed by atoms with Crippen molar-refractivity contribution in [3.8, 4) is 6.07 Å². The fraction of sp³-hybridized carbons (Fsp3) is 0.667. The van der Waals surface area contributed by atoms with Crippen molar-refractivity contribution < 1.29 is 10.1 Å². The van der Waals surface area contributed by atoms with Gasteiger partial charge in [-0.25, -0.2) is 0 Å². The fourth-order valence-electron chi connectivity index (χ4n) is 0.593. The summed E-state index contributed by atoms with van der Waals surface area (Å²) in [6.07, 6.45) is 0.236. The average Bonchev–Trinajstić information content (AvgIpc) is 1.97. The summed E-state index contributed by atoms with van der Waals surface area (Å²) in [5.74, 6) is 0.163. The lowest BCUT2D eigenvalue weighted by atomic mass is 10.2. The van der Waals surface area contributed by atoms with Gasteiger partial charge < -0.3 is 5.11 Å². The van der Waals surface area contributed by atoms with Gasteiger partial charge in [-0.05, 0) is 12.8 Å². The summed E-state index contributed by atoms with van der Waals surface area (Å²) in [7, 11) is 0. The normalized spacial score (nSPS) is 11.6. The predicted molar refractivity (Wildman–Crippen MR) is 40.1 cm³/mol. The number of nitriles is 1. The van der Waals surface area contributed by atoms with Crippen molar-refractivity contribution in [2.75, 3.05) is 6.54 Å². The van der Waals surface area contributed by atoms with Gasteiger partial charge in [-0.3, -0.25) is 16.5 Å². The SMILES string of the molecule is N#CC(O)CCC[NH+]=C(N)N. The van der Waals surface area contributed by atoms with Crippen LogP contribution in [0.4, 0.5) is 0 Å². The summed E-state index contributed by atoms with van der Waals surface area (Å²) < 4.78 is 0. The molecule has 62 valence electrons. The molecule has 0 spiro atoms. The molecule has 0 aromatic rings. The van der Waals surface area contributed by atoms with E-state index in [0.29, 0.717) is 19.4 Å². The first-order valence-electron chi connectivity index (χ1n) is 3.36. The number of hydrogen-bond donors (Lipinski definition) is 4. The first-order valence-corrected chi connectivity index (χ1v) is 3.36. The molecule has 0 bridgehead atoms. The first-order chi connectivity index (χ1) is 5.16. The Morgan fingerprint density at radius 2 is 2.27 bits per heavy atom. The van der Waals surface area contributed by atoms with E-state index in [1.807, 2.05) is 0 Å². The van der Waals surface area contributed by atoms with Crippen LogP contribution in [-0.4, -0.2) is 23.7 Å². The molecule has 0 saturated carbocycles. The Morgan fingerprint density at radius 1 is 1.64 bits per heavy atom. The van der Waals surface area contributed by atoms with Crippen LogP contribution in [0.5, 0.6) is 0 Å². The van der Waals surface area contributed by atoms with E-state index in [2.05, 4.69) is 4.99 Å². The Bertz CT molecular complexity index is 168. The van der Waals surface area contributed by atoms with Crippen LogP contribution in [0.15, 0.2) is 0 Å². The van der Waals surface area contributed by atoms with E-state index in [1.54, 1.807) is 6.07 Å². The van der Waals surface area contributed by atoms with E-state index in [0.717, 1.165) is 0 Å². The summed E-state index contributed by atoms with van der Waals surface area (Å²) in [6.45, 7) is 0.584. The Kier molecular flexibility index (Phi) is 4.86. The van der Waals surface area contributed by atoms with Gasteiger partial charge in [0.1, 0.15) is 6.10 Å². The monoisotopic (exact) mass is 157 g/mol. The van der Waals surface area contributed by atoms with Crippen molar-refractivity contribution in [3.63, 3.8) is 0 Å². The van der Waals surface area contributed by atoms with E-state index in [-0.39, 0.29) is 5.96 Å². The maximum absolute atomic E-state index is 8.76. The number of nitrogens with zero attached hydrogens (tertiary/aromatic N) is 1. The second-order valence-electron chi connectivity index (χ2n) is 2.17. The van der Waals surface area contributed by atoms with Crippen molar-refractivity contribution >= 4 is 5.96 Å². The molecule has 1 unspecified atom stereocenters. The molecule has 0 fully saturated rings. The maximum Gasteiger partial charge on any atom is 0.338 e. The van der Waals surface area contributed by atoms with E-state index < -0.39 is 6.10 Å². The average molecular weight is 157 g/mol. The zero-order valence-corrected chi connectivity index (χ0v) is 6.25. The number of nitrogens with two attached hydrogens (primary N) is 2. The van der Waals surface area contributed by atoms with Crippen molar-refractivity contribution in [2.45, 2.75) is 18.9 Å². The second-order valence-corrected chi connectivity index (χ2v) is 2.17. The topological polar surface area (TPSA) is 110 Å². The van der Waals surface area contributed by atoms with Crippen LogP contribution in [0.2, 0.25) is 0 Å². The zero-order chi connectivity index (χ0) is 8.69. The van der Waals surface area contributed by atoms with Gasteiger partial charge in [0.15, 0.2) is 0 Å². The molecule has 0 aliphatic carbocycles. The van der Waals surface area contributed by atoms with Gasteiger partial charge in [-0.2, -0.15) is 5.26 Å². The Balaban J connectivity index is 3.30. The van der Waals surface area contributed by atoms with Crippen LogP contribution in [0.3, 0.4) is 0 Å². The van der Waals surface area contributed by atoms with Gasteiger partial charge >= 0.3 is 5.96 Å². The van der Waals surface area contributed by atoms with Crippen molar-refractivity contribution in [3.05, 3.63) is 0 Å². The molecular weight excluding hydrogens is 144 g/mol. The molecule has 0 aromatic carbocycles. The molecule has 0 aliphatic rings. The third-order valence-electron chi connectivity index (χ3n) is 1.13. The summed E-state index contributed by atoms with van der Waals surface area (Å²) in [6, 6.07) is 1.71. The molecule has 1 atom stereocenters. The lowest BCUT2D eigenvalue weighted by Gasteiger charge is -1.96. The summed E-state index contributed by atoms with van der Waals surface area (Å²) in [5, 5.41) is 16.9. The summed E-state index contributed by atoms with van der Waals surface area (Å²) >= 11 is 0. The smallest absolute Gasteiger partial charge is 0.338 e. The standard InChI is InChI=1S/C6H12N4O/c7-4-5(11)2-1-3-10-6(8)9/h5,11H,1-3H2,(H4,8,9,10)/p+1.